The van der Waals surface area contributed by atoms with Crippen LogP contribution in [0.3, 0.4) is 0 Å². The Hall–Kier alpha value is -0.870. The number of benzene rings is 1. The van der Waals surface area contributed by atoms with E-state index in [9.17, 15) is 9.90 Å². The first-order valence-electron chi connectivity index (χ1n) is 6.46. The molecular weight excluding hydrogens is 308 g/mol. The fourth-order valence-corrected chi connectivity index (χ4v) is 3.11. The second-order valence-corrected chi connectivity index (χ2v) is 5.96. The molecule has 1 rings (SSSR count). The maximum atomic E-state index is 12.1. The first-order chi connectivity index (χ1) is 8.82. The number of carbonyl (C=O) groups is 1. The summed E-state index contributed by atoms with van der Waals surface area (Å²) in [7, 11) is 0. The summed E-state index contributed by atoms with van der Waals surface area (Å²) in [5.74, 6) is -0.995. The molecule has 4 heteroatoms. The molecule has 106 valence electrons. The first-order valence-corrected chi connectivity index (χ1v) is 7.25. The number of esters is 1. The van der Waals surface area contributed by atoms with Crippen LogP contribution in [-0.4, -0.2) is 17.7 Å². The Morgan fingerprint density at radius 3 is 2.47 bits per heavy atom. The van der Waals surface area contributed by atoms with Gasteiger partial charge in [-0.05, 0) is 31.4 Å². The third-order valence-corrected chi connectivity index (χ3v) is 3.92. The molecule has 1 aromatic carbocycles. The minimum atomic E-state index is -1.28. The van der Waals surface area contributed by atoms with Gasteiger partial charge in [-0.15, -0.1) is 0 Å². The van der Waals surface area contributed by atoms with Gasteiger partial charge in [0.2, 0.25) is 0 Å². The maximum Gasteiger partial charge on any atom is 0.312 e. The van der Waals surface area contributed by atoms with Crippen LogP contribution >= 0.6 is 15.9 Å². The zero-order chi connectivity index (χ0) is 14.6. The Balaban J connectivity index is 3.20. The maximum absolute atomic E-state index is 12.1. The van der Waals surface area contributed by atoms with Gasteiger partial charge in [0.15, 0.2) is 0 Å². The Morgan fingerprint density at radius 1 is 1.42 bits per heavy atom. The van der Waals surface area contributed by atoms with Crippen molar-refractivity contribution in [1.29, 1.82) is 0 Å². The normalized spacial score (nSPS) is 15.9. The summed E-state index contributed by atoms with van der Waals surface area (Å²) in [4.78, 5) is 12.1. The van der Waals surface area contributed by atoms with Gasteiger partial charge in [0, 0.05) is 4.47 Å². The highest BCUT2D eigenvalue weighted by atomic mass is 79.9. The molecule has 0 aliphatic rings. The highest BCUT2D eigenvalue weighted by molar-refractivity contribution is 9.10. The van der Waals surface area contributed by atoms with Gasteiger partial charge in [0.1, 0.15) is 5.60 Å². The lowest BCUT2D eigenvalue weighted by Gasteiger charge is -2.34. The van der Waals surface area contributed by atoms with E-state index in [1.54, 1.807) is 13.8 Å². The third kappa shape index (κ3) is 3.57. The predicted molar refractivity (Wildman–Crippen MR) is 78.7 cm³/mol. The summed E-state index contributed by atoms with van der Waals surface area (Å²) in [6.07, 6.45) is 0. The van der Waals surface area contributed by atoms with E-state index in [4.69, 9.17) is 4.74 Å². The highest BCUT2D eigenvalue weighted by Gasteiger charge is 2.42. The second-order valence-electron chi connectivity index (χ2n) is 5.10. The molecule has 0 heterocycles. The van der Waals surface area contributed by atoms with Crippen LogP contribution in [0.4, 0.5) is 0 Å². The molecule has 2 unspecified atom stereocenters. The van der Waals surface area contributed by atoms with Crippen molar-refractivity contribution >= 4 is 21.9 Å². The first kappa shape index (κ1) is 16.2. The Morgan fingerprint density at radius 2 is 2.00 bits per heavy atom. The molecule has 1 N–H and O–H groups in total. The molecule has 3 nitrogen and oxygen atoms in total. The SMILES string of the molecule is CCOC(=O)C(C(C)C)C(C)(O)c1ccccc1Br. The van der Waals surface area contributed by atoms with E-state index in [-0.39, 0.29) is 11.9 Å². The summed E-state index contributed by atoms with van der Waals surface area (Å²) < 4.78 is 5.89. The van der Waals surface area contributed by atoms with Crippen molar-refractivity contribution in [3.8, 4) is 0 Å². The Bertz CT molecular complexity index is 441. The van der Waals surface area contributed by atoms with Gasteiger partial charge < -0.3 is 9.84 Å². The monoisotopic (exact) mass is 328 g/mol. The van der Waals surface area contributed by atoms with E-state index in [1.807, 2.05) is 38.1 Å². The van der Waals surface area contributed by atoms with Crippen LogP contribution in [0.1, 0.15) is 33.3 Å². The van der Waals surface area contributed by atoms with Gasteiger partial charge in [-0.25, -0.2) is 0 Å². The Labute approximate surface area is 123 Å². The van der Waals surface area contributed by atoms with E-state index in [2.05, 4.69) is 15.9 Å². The lowest BCUT2D eigenvalue weighted by molar-refractivity contribution is -0.161. The summed E-state index contributed by atoms with van der Waals surface area (Å²) in [6.45, 7) is 7.56. The Kier molecular flexibility index (Phi) is 5.56. The molecule has 2 atom stereocenters. The fraction of sp³-hybridized carbons (Fsp3) is 0.533. The lowest BCUT2D eigenvalue weighted by atomic mass is 9.76. The van der Waals surface area contributed by atoms with Crippen molar-refractivity contribution in [1.82, 2.24) is 0 Å². The van der Waals surface area contributed by atoms with Gasteiger partial charge in [-0.1, -0.05) is 48.0 Å². The lowest BCUT2D eigenvalue weighted by Crippen LogP contribution is -2.41. The summed E-state index contributed by atoms with van der Waals surface area (Å²) >= 11 is 3.43. The van der Waals surface area contributed by atoms with E-state index < -0.39 is 11.5 Å². The van der Waals surface area contributed by atoms with Gasteiger partial charge in [-0.3, -0.25) is 4.79 Å². The highest BCUT2D eigenvalue weighted by Crippen LogP contribution is 2.38. The zero-order valence-corrected chi connectivity index (χ0v) is 13.4. The molecule has 0 amide bonds. The van der Waals surface area contributed by atoms with Crippen LogP contribution in [0, 0.1) is 11.8 Å². The van der Waals surface area contributed by atoms with Gasteiger partial charge >= 0.3 is 5.97 Å². The number of halogens is 1. The van der Waals surface area contributed by atoms with Crippen LogP contribution in [0.5, 0.6) is 0 Å². The second kappa shape index (κ2) is 6.53. The molecule has 0 aliphatic heterocycles. The van der Waals surface area contributed by atoms with E-state index in [0.717, 1.165) is 4.47 Å². The molecule has 0 aliphatic carbocycles. The molecule has 0 radical (unpaired) electrons. The molecule has 0 saturated carbocycles. The van der Waals surface area contributed by atoms with Crippen molar-refractivity contribution in [2.24, 2.45) is 11.8 Å². The molecule has 0 saturated heterocycles. The van der Waals surface area contributed by atoms with Crippen LogP contribution in [0.2, 0.25) is 0 Å². The molecule has 0 aromatic heterocycles. The van der Waals surface area contributed by atoms with Crippen LogP contribution in [0.25, 0.3) is 0 Å². The topological polar surface area (TPSA) is 46.5 Å². The van der Waals surface area contributed by atoms with Crippen molar-refractivity contribution in [2.45, 2.75) is 33.3 Å². The van der Waals surface area contributed by atoms with E-state index in [1.165, 1.54) is 0 Å². The van der Waals surface area contributed by atoms with Crippen molar-refractivity contribution in [3.05, 3.63) is 34.3 Å². The molecule has 0 bridgehead atoms. The summed E-state index contributed by atoms with van der Waals surface area (Å²) in [6, 6.07) is 7.39. The quantitative estimate of drug-likeness (QED) is 0.841. The fourth-order valence-electron chi connectivity index (χ4n) is 2.42. The van der Waals surface area contributed by atoms with Crippen molar-refractivity contribution in [2.75, 3.05) is 6.61 Å². The number of rotatable bonds is 5. The van der Waals surface area contributed by atoms with Crippen LogP contribution < -0.4 is 0 Å². The van der Waals surface area contributed by atoms with E-state index >= 15 is 0 Å². The average molecular weight is 329 g/mol. The number of carbonyl (C=O) groups excluding carboxylic acids is 1. The standard InChI is InChI=1S/C15H21BrO3/c1-5-19-14(17)13(10(2)3)15(4,18)11-8-6-7-9-12(11)16/h6-10,13,18H,5H2,1-4H3. The van der Waals surface area contributed by atoms with Crippen LogP contribution in [-0.2, 0) is 15.1 Å². The number of aliphatic hydroxyl groups is 1. The van der Waals surface area contributed by atoms with Crippen molar-refractivity contribution < 1.29 is 14.6 Å². The molecular formula is C15H21BrO3. The number of hydrogen-bond acceptors (Lipinski definition) is 3. The zero-order valence-electron chi connectivity index (χ0n) is 11.8. The van der Waals surface area contributed by atoms with Gasteiger partial charge in [-0.2, -0.15) is 0 Å². The number of hydrogen-bond donors (Lipinski definition) is 1. The third-order valence-electron chi connectivity index (χ3n) is 3.23. The van der Waals surface area contributed by atoms with Crippen molar-refractivity contribution in [3.63, 3.8) is 0 Å². The predicted octanol–water partition coefficient (Wildman–Crippen LogP) is 3.49. The minimum Gasteiger partial charge on any atom is -0.466 e. The molecule has 0 spiro atoms. The van der Waals surface area contributed by atoms with Gasteiger partial charge in [0.05, 0.1) is 12.5 Å². The smallest absolute Gasteiger partial charge is 0.312 e. The van der Waals surface area contributed by atoms with Crippen LogP contribution in [0.15, 0.2) is 28.7 Å². The average Bonchev–Trinajstić information content (AvgIpc) is 2.28. The summed E-state index contributed by atoms with van der Waals surface area (Å²) in [5, 5.41) is 10.9. The largest absolute Gasteiger partial charge is 0.466 e. The minimum absolute atomic E-state index is 0.0267. The van der Waals surface area contributed by atoms with E-state index in [0.29, 0.717) is 12.2 Å². The summed E-state index contributed by atoms with van der Waals surface area (Å²) in [5.41, 5.74) is -0.581. The van der Waals surface area contributed by atoms with Gasteiger partial charge in [0.25, 0.3) is 0 Å². The molecule has 1 aromatic rings. The number of ether oxygens (including phenoxy) is 1. The molecule has 19 heavy (non-hydrogen) atoms. The molecule has 0 fully saturated rings.